The fourth-order valence-corrected chi connectivity index (χ4v) is 3.50. The van der Waals surface area contributed by atoms with Gasteiger partial charge in [-0.25, -0.2) is 9.59 Å². The van der Waals surface area contributed by atoms with Gasteiger partial charge in [0.15, 0.2) is 5.66 Å². The van der Waals surface area contributed by atoms with Crippen LogP contribution in [-0.4, -0.2) is 36.2 Å². The SMILES string of the molecule is CN[C@](C)(NC(=O)OCc1cccc2c1Cc1ccccc1-2)C(=O)C(=O)OC(C)(C)C. The van der Waals surface area contributed by atoms with Gasteiger partial charge in [0, 0.05) is 0 Å². The molecule has 0 saturated carbocycles. The minimum atomic E-state index is -1.66. The van der Waals surface area contributed by atoms with E-state index >= 15 is 0 Å². The molecule has 2 N–H and O–H groups in total. The van der Waals surface area contributed by atoms with Crippen LogP contribution in [0, 0.1) is 0 Å². The summed E-state index contributed by atoms with van der Waals surface area (Å²) in [4.78, 5) is 37.2. The molecule has 164 valence electrons. The maximum Gasteiger partial charge on any atom is 0.409 e. The number of alkyl carbamates (subject to hydrolysis) is 1. The minimum Gasteiger partial charge on any atom is -0.454 e. The number of likely N-dealkylation sites (N-methyl/N-ethyl adjacent to an activating group) is 1. The molecule has 2 aromatic carbocycles. The second kappa shape index (κ2) is 8.51. The lowest BCUT2D eigenvalue weighted by Gasteiger charge is -2.29. The van der Waals surface area contributed by atoms with E-state index in [1.54, 1.807) is 20.8 Å². The molecule has 1 aliphatic rings. The minimum absolute atomic E-state index is 0.0451. The lowest BCUT2D eigenvalue weighted by molar-refractivity contribution is -0.165. The number of fused-ring (bicyclic) bond motifs is 3. The van der Waals surface area contributed by atoms with Gasteiger partial charge in [0.05, 0.1) is 0 Å². The van der Waals surface area contributed by atoms with Gasteiger partial charge in [-0.1, -0.05) is 42.5 Å². The zero-order valence-electron chi connectivity index (χ0n) is 18.5. The van der Waals surface area contributed by atoms with Crippen LogP contribution in [0.1, 0.15) is 44.4 Å². The van der Waals surface area contributed by atoms with Crippen molar-refractivity contribution < 1.29 is 23.9 Å². The smallest absolute Gasteiger partial charge is 0.409 e. The van der Waals surface area contributed by atoms with Gasteiger partial charge < -0.3 is 9.47 Å². The van der Waals surface area contributed by atoms with Crippen molar-refractivity contribution in [2.75, 3.05) is 7.05 Å². The maximum absolute atomic E-state index is 12.6. The zero-order chi connectivity index (χ0) is 22.8. The predicted octanol–water partition coefficient (Wildman–Crippen LogP) is 3.33. The molecule has 1 atom stereocenters. The standard InChI is InChI=1S/C24H28N2O5/c1-23(2,3)31-21(28)20(27)24(4,25-5)26-22(29)30-14-16-10-8-12-18-17-11-7-6-9-15(17)13-19(16)18/h6-12,25H,13-14H2,1-5H3,(H,26,29)/t24-/m1/s1. The fraction of sp³-hybridized carbons (Fsp3) is 0.375. The third-order valence-electron chi connectivity index (χ3n) is 5.20. The van der Waals surface area contributed by atoms with E-state index in [9.17, 15) is 14.4 Å². The Balaban J connectivity index is 1.66. The molecule has 0 aliphatic heterocycles. The van der Waals surface area contributed by atoms with Crippen LogP contribution in [0.4, 0.5) is 4.79 Å². The van der Waals surface area contributed by atoms with E-state index in [0.29, 0.717) is 0 Å². The third-order valence-corrected chi connectivity index (χ3v) is 5.20. The number of carbonyl (C=O) groups is 3. The second-order valence-electron chi connectivity index (χ2n) is 8.68. The maximum atomic E-state index is 12.6. The molecule has 7 heteroatoms. The van der Waals surface area contributed by atoms with Gasteiger partial charge in [0.1, 0.15) is 12.2 Å². The first-order valence-corrected chi connectivity index (χ1v) is 10.1. The quantitative estimate of drug-likeness (QED) is 0.358. The van der Waals surface area contributed by atoms with Crippen molar-refractivity contribution in [1.29, 1.82) is 0 Å². The number of Topliss-reactive ketones (excluding diaryl/α,β-unsaturated/α-hetero) is 1. The Kier molecular flexibility index (Phi) is 6.18. The van der Waals surface area contributed by atoms with Crippen molar-refractivity contribution in [3.63, 3.8) is 0 Å². The van der Waals surface area contributed by atoms with E-state index in [0.717, 1.165) is 23.1 Å². The highest BCUT2D eigenvalue weighted by molar-refractivity contribution is 6.37. The average Bonchev–Trinajstić information content (AvgIpc) is 3.09. The molecule has 0 unspecified atom stereocenters. The van der Waals surface area contributed by atoms with Crippen molar-refractivity contribution in [2.45, 2.75) is 52.0 Å². The first kappa shape index (κ1) is 22.5. The number of amides is 1. The lowest BCUT2D eigenvalue weighted by atomic mass is 10.0. The van der Waals surface area contributed by atoms with E-state index in [4.69, 9.17) is 9.47 Å². The summed E-state index contributed by atoms with van der Waals surface area (Å²) in [5, 5.41) is 5.11. The summed E-state index contributed by atoms with van der Waals surface area (Å²) in [7, 11) is 1.46. The van der Waals surface area contributed by atoms with E-state index in [-0.39, 0.29) is 6.61 Å². The Morgan fingerprint density at radius 2 is 1.65 bits per heavy atom. The normalized spacial score (nSPS) is 14.1. The average molecular weight is 424 g/mol. The Bertz CT molecular complexity index is 1020. The number of benzene rings is 2. The van der Waals surface area contributed by atoms with Crippen molar-refractivity contribution in [3.05, 3.63) is 59.2 Å². The summed E-state index contributed by atoms with van der Waals surface area (Å²) in [5.41, 5.74) is 3.10. The Hall–Kier alpha value is -3.19. The largest absolute Gasteiger partial charge is 0.454 e. The molecule has 31 heavy (non-hydrogen) atoms. The van der Waals surface area contributed by atoms with Crippen LogP contribution in [0.5, 0.6) is 0 Å². The summed E-state index contributed by atoms with van der Waals surface area (Å²) in [5.74, 6) is -1.96. The van der Waals surface area contributed by atoms with Crippen LogP contribution >= 0.6 is 0 Å². The Morgan fingerprint density at radius 1 is 0.968 bits per heavy atom. The van der Waals surface area contributed by atoms with Crippen molar-refractivity contribution in [2.24, 2.45) is 0 Å². The molecular weight excluding hydrogens is 396 g/mol. The molecule has 0 saturated heterocycles. The number of ether oxygens (including phenoxy) is 2. The first-order chi connectivity index (χ1) is 14.5. The summed E-state index contributed by atoms with van der Waals surface area (Å²) in [6.45, 7) is 6.41. The highest BCUT2D eigenvalue weighted by Crippen LogP contribution is 2.38. The molecule has 0 radical (unpaired) electrons. The van der Waals surface area contributed by atoms with Crippen LogP contribution in [0.25, 0.3) is 11.1 Å². The molecule has 7 nitrogen and oxygen atoms in total. The number of carbonyl (C=O) groups excluding carboxylic acids is 3. The molecule has 1 aliphatic carbocycles. The van der Waals surface area contributed by atoms with Crippen molar-refractivity contribution >= 4 is 17.8 Å². The number of ketones is 1. The van der Waals surface area contributed by atoms with Crippen LogP contribution < -0.4 is 10.6 Å². The molecule has 0 heterocycles. The number of nitrogens with one attached hydrogen (secondary N) is 2. The van der Waals surface area contributed by atoms with Gasteiger partial charge >= 0.3 is 12.1 Å². The van der Waals surface area contributed by atoms with Crippen LogP contribution in [0.15, 0.2) is 42.5 Å². The number of rotatable bonds is 6. The number of hydrogen-bond donors (Lipinski definition) is 2. The number of esters is 1. The monoisotopic (exact) mass is 424 g/mol. The Labute approximate surface area is 182 Å². The molecule has 2 aromatic rings. The summed E-state index contributed by atoms with van der Waals surface area (Å²) < 4.78 is 10.5. The van der Waals surface area contributed by atoms with Crippen LogP contribution in [-0.2, 0) is 32.1 Å². The highest BCUT2D eigenvalue weighted by atomic mass is 16.6. The highest BCUT2D eigenvalue weighted by Gasteiger charge is 2.40. The molecule has 1 amide bonds. The van der Waals surface area contributed by atoms with Gasteiger partial charge in [0.2, 0.25) is 0 Å². The molecule has 0 spiro atoms. The van der Waals surface area contributed by atoms with Gasteiger partial charge in [-0.2, -0.15) is 0 Å². The zero-order valence-corrected chi connectivity index (χ0v) is 18.5. The van der Waals surface area contributed by atoms with Crippen LogP contribution in [0.3, 0.4) is 0 Å². The fourth-order valence-electron chi connectivity index (χ4n) is 3.50. The van der Waals surface area contributed by atoms with Gasteiger partial charge in [-0.15, -0.1) is 0 Å². The molecular formula is C24H28N2O5. The van der Waals surface area contributed by atoms with Crippen molar-refractivity contribution in [1.82, 2.24) is 10.6 Å². The Morgan fingerprint density at radius 3 is 2.32 bits per heavy atom. The topological polar surface area (TPSA) is 93.7 Å². The third kappa shape index (κ3) is 4.94. The molecule has 0 fully saturated rings. The lowest BCUT2D eigenvalue weighted by Crippen LogP contribution is -2.63. The molecule has 3 rings (SSSR count). The van der Waals surface area contributed by atoms with E-state index < -0.39 is 29.1 Å². The first-order valence-electron chi connectivity index (χ1n) is 10.1. The van der Waals surface area contributed by atoms with E-state index in [1.807, 2.05) is 24.3 Å². The van der Waals surface area contributed by atoms with E-state index in [2.05, 4.69) is 28.8 Å². The van der Waals surface area contributed by atoms with Gasteiger partial charge in [0.25, 0.3) is 5.78 Å². The van der Waals surface area contributed by atoms with Crippen LogP contribution in [0.2, 0.25) is 0 Å². The number of hydrogen-bond acceptors (Lipinski definition) is 6. The predicted molar refractivity (Wildman–Crippen MR) is 116 cm³/mol. The molecule has 0 aromatic heterocycles. The van der Waals surface area contributed by atoms with E-state index in [1.165, 1.54) is 25.1 Å². The second-order valence-corrected chi connectivity index (χ2v) is 8.68. The summed E-state index contributed by atoms with van der Waals surface area (Å²) in [6.07, 6.45) is -0.0419. The van der Waals surface area contributed by atoms with Crippen molar-refractivity contribution in [3.8, 4) is 11.1 Å². The van der Waals surface area contributed by atoms with Gasteiger partial charge in [-0.3, -0.25) is 15.4 Å². The van der Waals surface area contributed by atoms with Gasteiger partial charge in [-0.05, 0) is 69.0 Å². The molecule has 0 bridgehead atoms. The summed E-state index contributed by atoms with van der Waals surface area (Å²) >= 11 is 0. The summed E-state index contributed by atoms with van der Waals surface area (Å²) in [6, 6.07) is 14.1.